The third-order valence-electron chi connectivity index (χ3n) is 3.65. The lowest BCUT2D eigenvalue weighted by molar-refractivity contribution is -0.392. The molecule has 9 nitrogen and oxygen atoms in total. The van der Waals surface area contributed by atoms with Gasteiger partial charge in [-0.15, -0.1) is 0 Å². The fourth-order valence-corrected chi connectivity index (χ4v) is 2.66. The molecule has 0 spiro atoms. The highest BCUT2D eigenvalue weighted by atomic mass is 16.6. The van der Waals surface area contributed by atoms with Crippen LogP contribution in [0.25, 0.3) is 0 Å². The first-order valence-corrected chi connectivity index (χ1v) is 7.34. The monoisotopic (exact) mass is 323 g/mol. The number of carbonyl (C=O) groups excluding carboxylic acids is 1. The maximum absolute atomic E-state index is 11.8. The lowest BCUT2D eigenvalue weighted by Crippen LogP contribution is -2.30. The van der Waals surface area contributed by atoms with Gasteiger partial charge in [-0.3, -0.25) is 20.2 Å². The number of anilines is 1. The van der Waals surface area contributed by atoms with Gasteiger partial charge in [0.15, 0.2) is 5.69 Å². The van der Waals surface area contributed by atoms with Gasteiger partial charge in [0.05, 0.1) is 22.0 Å². The molecule has 124 valence electrons. The number of nitrogens with zero attached hydrogens (tertiary/aromatic N) is 3. The van der Waals surface area contributed by atoms with Crippen molar-refractivity contribution in [3.63, 3.8) is 0 Å². The van der Waals surface area contributed by atoms with Crippen molar-refractivity contribution in [1.82, 2.24) is 0 Å². The predicted octanol–water partition coefficient (Wildman–Crippen LogP) is 2.67. The molecule has 1 aliphatic heterocycles. The normalized spacial score (nSPS) is 14.4. The number of benzene rings is 1. The molecule has 0 amide bonds. The molecule has 1 aromatic carbocycles. The first-order chi connectivity index (χ1) is 11.0. The zero-order chi connectivity index (χ0) is 17.0. The van der Waals surface area contributed by atoms with Gasteiger partial charge >= 0.3 is 17.3 Å². The summed E-state index contributed by atoms with van der Waals surface area (Å²) in [7, 11) is 0. The van der Waals surface area contributed by atoms with Crippen molar-refractivity contribution in [3.8, 4) is 0 Å². The van der Waals surface area contributed by atoms with Crippen LogP contribution in [0, 0.1) is 20.2 Å². The van der Waals surface area contributed by atoms with Crippen LogP contribution in [0.4, 0.5) is 17.1 Å². The molecule has 1 fully saturated rings. The second kappa shape index (κ2) is 7.03. The molecule has 0 unspecified atom stereocenters. The van der Waals surface area contributed by atoms with Crippen LogP contribution in [0.3, 0.4) is 0 Å². The molecule has 1 saturated heterocycles. The SMILES string of the molecule is CCOC(=O)c1cc([N+](=O)[O-])c(N2CCCCC2)c([N+](=O)[O-])c1. The second-order valence-corrected chi connectivity index (χ2v) is 5.15. The third kappa shape index (κ3) is 3.55. The van der Waals surface area contributed by atoms with Crippen LogP contribution < -0.4 is 4.90 Å². The molecule has 0 N–H and O–H groups in total. The highest BCUT2D eigenvalue weighted by molar-refractivity contribution is 5.94. The molecular weight excluding hydrogens is 306 g/mol. The second-order valence-electron chi connectivity index (χ2n) is 5.15. The number of ether oxygens (including phenoxy) is 1. The highest BCUT2D eigenvalue weighted by Gasteiger charge is 2.33. The molecule has 0 aliphatic carbocycles. The summed E-state index contributed by atoms with van der Waals surface area (Å²) in [6.07, 6.45) is 2.61. The lowest BCUT2D eigenvalue weighted by Gasteiger charge is -2.28. The number of nitro groups is 2. The summed E-state index contributed by atoms with van der Waals surface area (Å²) in [6, 6.07) is 2.10. The maximum Gasteiger partial charge on any atom is 0.338 e. The van der Waals surface area contributed by atoms with Gasteiger partial charge in [-0.2, -0.15) is 0 Å². The zero-order valence-electron chi connectivity index (χ0n) is 12.7. The molecule has 1 aromatic rings. The van der Waals surface area contributed by atoms with Crippen LogP contribution in [-0.4, -0.2) is 35.5 Å². The van der Waals surface area contributed by atoms with E-state index in [1.54, 1.807) is 11.8 Å². The lowest BCUT2D eigenvalue weighted by atomic mass is 10.1. The summed E-state index contributed by atoms with van der Waals surface area (Å²) in [5.74, 6) is -0.816. The zero-order valence-corrected chi connectivity index (χ0v) is 12.7. The van der Waals surface area contributed by atoms with Gasteiger partial charge in [-0.25, -0.2) is 4.79 Å². The fraction of sp³-hybridized carbons (Fsp3) is 0.500. The van der Waals surface area contributed by atoms with Gasteiger partial charge in [0.2, 0.25) is 0 Å². The van der Waals surface area contributed by atoms with E-state index >= 15 is 0 Å². The average Bonchev–Trinajstić information content (AvgIpc) is 2.54. The van der Waals surface area contributed by atoms with E-state index < -0.39 is 27.2 Å². The van der Waals surface area contributed by atoms with E-state index in [1.165, 1.54) is 0 Å². The minimum Gasteiger partial charge on any atom is -0.462 e. The Morgan fingerprint density at radius 3 is 2.09 bits per heavy atom. The molecule has 23 heavy (non-hydrogen) atoms. The summed E-state index contributed by atoms with van der Waals surface area (Å²) in [5, 5.41) is 22.8. The molecule has 0 bridgehead atoms. The first kappa shape index (κ1) is 16.7. The van der Waals surface area contributed by atoms with Gasteiger partial charge in [0.1, 0.15) is 0 Å². The molecular formula is C14H17N3O6. The number of carbonyl (C=O) groups is 1. The van der Waals surface area contributed by atoms with Crippen LogP contribution in [-0.2, 0) is 4.74 Å². The number of hydrogen-bond donors (Lipinski definition) is 0. The Labute approximate surface area is 132 Å². The van der Waals surface area contributed by atoms with Crippen LogP contribution in [0.1, 0.15) is 36.5 Å². The van der Waals surface area contributed by atoms with Crippen molar-refractivity contribution in [1.29, 1.82) is 0 Å². The predicted molar refractivity (Wildman–Crippen MR) is 81.8 cm³/mol. The molecule has 1 heterocycles. The molecule has 0 saturated carbocycles. The van der Waals surface area contributed by atoms with E-state index in [2.05, 4.69) is 0 Å². The molecule has 0 aromatic heterocycles. The summed E-state index contributed by atoms with van der Waals surface area (Å²) in [4.78, 5) is 34.8. The van der Waals surface area contributed by atoms with E-state index in [-0.39, 0.29) is 17.9 Å². The molecule has 0 atom stereocenters. The number of piperidine rings is 1. The van der Waals surface area contributed by atoms with Gasteiger partial charge in [-0.1, -0.05) is 0 Å². The Morgan fingerprint density at radius 2 is 1.65 bits per heavy atom. The fourth-order valence-electron chi connectivity index (χ4n) is 2.66. The van der Waals surface area contributed by atoms with Crippen LogP contribution in [0.5, 0.6) is 0 Å². The van der Waals surface area contributed by atoms with Crippen LogP contribution in [0.2, 0.25) is 0 Å². The van der Waals surface area contributed by atoms with E-state index in [0.29, 0.717) is 13.1 Å². The standard InChI is InChI=1S/C14H17N3O6/c1-2-23-14(18)10-8-11(16(19)20)13(12(9-10)17(21)22)15-6-4-3-5-7-15/h8-9H,2-7H2,1H3. The van der Waals surface area contributed by atoms with E-state index in [1.807, 2.05) is 0 Å². The Balaban J connectivity index is 2.60. The minimum absolute atomic E-state index is 0.0345. The largest absolute Gasteiger partial charge is 0.462 e. The Morgan fingerprint density at radius 1 is 1.13 bits per heavy atom. The van der Waals surface area contributed by atoms with Crippen molar-refractivity contribution in [2.24, 2.45) is 0 Å². The van der Waals surface area contributed by atoms with Gasteiger partial charge in [0.25, 0.3) is 0 Å². The summed E-state index contributed by atoms with van der Waals surface area (Å²) in [5.41, 5.74) is -1.10. The Hall–Kier alpha value is -2.71. The Kier molecular flexibility index (Phi) is 5.09. The average molecular weight is 323 g/mol. The molecule has 1 aliphatic rings. The number of rotatable bonds is 5. The minimum atomic E-state index is -0.816. The highest BCUT2D eigenvalue weighted by Crippen LogP contribution is 2.40. The van der Waals surface area contributed by atoms with E-state index in [9.17, 15) is 25.0 Å². The van der Waals surface area contributed by atoms with Gasteiger partial charge in [0, 0.05) is 25.2 Å². The topological polar surface area (TPSA) is 116 Å². The summed E-state index contributed by atoms with van der Waals surface area (Å²) in [6.45, 7) is 2.69. The number of nitro benzene ring substituents is 2. The molecule has 0 radical (unpaired) electrons. The van der Waals surface area contributed by atoms with Crippen molar-refractivity contribution in [2.45, 2.75) is 26.2 Å². The summed E-state index contributed by atoms with van der Waals surface area (Å²) < 4.78 is 4.79. The van der Waals surface area contributed by atoms with Crippen molar-refractivity contribution in [3.05, 3.63) is 37.9 Å². The van der Waals surface area contributed by atoms with Crippen LogP contribution >= 0.6 is 0 Å². The third-order valence-corrected chi connectivity index (χ3v) is 3.65. The maximum atomic E-state index is 11.8. The quantitative estimate of drug-likeness (QED) is 0.464. The Bertz CT molecular complexity index is 604. The van der Waals surface area contributed by atoms with Crippen molar-refractivity contribution < 1.29 is 19.4 Å². The van der Waals surface area contributed by atoms with Gasteiger partial charge in [-0.05, 0) is 26.2 Å². The van der Waals surface area contributed by atoms with Gasteiger partial charge < -0.3 is 9.64 Å². The first-order valence-electron chi connectivity index (χ1n) is 7.34. The van der Waals surface area contributed by atoms with E-state index in [0.717, 1.165) is 31.4 Å². The summed E-state index contributed by atoms with van der Waals surface area (Å²) >= 11 is 0. The van der Waals surface area contributed by atoms with Crippen molar-refractivity contribution in [2.75, 3.05) is 24.6 Å². The van der Waals surface area contributed by atoms with E-state index in [4.69, 9.17) is 4.74 Å². The van der Waals surface area contributed by atoms with Crippen molar-refractivity contribution >= 4 is 23.0 Å². The molecule has 9 heteroatoms. The molecule has 2 rings (SSSR count). The number of hydrogen-bond acceptors (Lipinski definition) is 7. The van der Waals surface area contributed by atoms with Crippen LogP contribution in [0.15, 0.2) is 12.1 Å². The smallest absolute Gasteiger partial charge is 0.338 e. The number of esters is 1.